The van der Waals surface area contributed by atoms with E-state index in [0.717, 1.165) is 31.3 Å². The molecule has 2 atom stereocenters. The molecule has 0 aromatic heterocycles. The molecule has 0 saturated carbocycles. The minimum absolute atomic E-state index is 0.398. The van der Waals surface area contributed by atoms with Crippen LogP contribution in [0.1, 0.15) is 6.92 Å². The fourth-order valence-corrected chi connectivity index (χ4v) is 2.38. The molecule has 0 radical (unpaired) electrons. The molecule has 0 aromatic carbocycles. The number of hydrogen-bond donors (Lipinski definition) is 0. The molecule has 0 N–H and O–H groups in total. The smallest absolute Gasteiger partial charge is 0.0792 e. The molecule has 1 fully saturated rings. The lowest BCUT2D eigenvalue weighted by atomic mass is 10.3. The lowest BCUT2D eigenvalue weighted by molar-refractivity contribution is -0.00601. The molecule has 1 aliphatic rings. The van der Waals surface area contributed by atoms with E-state index in [2.05, 4.69) is 18.9 Å². The van der Waals surface area contributed by atoms with Crippen molar-refractivity contribution in [2.24, 2.45) is 0 Å². The molecule has 0 amide bonds. The highest BCUT2D eigenvalue weighted by atomic mass is 35.5. The van der Waals surface area contributed by atoms with E-state index in [1.54, 1.807) is 0 Å². The molecule has 2 nitrogen and oxygen atoms in total. The van der Waals surface area contributed by atoms with Gasteiger partial charge in [-0.3, -0.25) is 0 Å². The first-order valence-corrected chi connectivity index (χ1v) is 6.28. The Morgan fingerprint density at radius 3 is 3.08 bits per heavy atom. The summed E-state index contributed by atoms with van der Waals surface area (Å²) in [6.45, 7) is 5.15. The Morgan fingerprint density at radius 1 is 1.69 bits per heavy atom. The average molecular weight is 224 g/mol. The fourth-order valence-electron chi connectivity index (χ4n) is 1.28. The molecule has 0 aliphatic carbocycles. The predicted molar refractivity (Wildman–Crippen MR) is 59.9 cm³/mol. The maximum Gasteiger partial charge on any atom is 0.0792 e. The SMILES string of the molecule is CC(CCl)SCC1CN(C)CCO1. The van der Waals surface area contributed by atoms with Gasteiger partial charge >= 0.3 is 0 Å². The summed E-state index contributed by atoms with van der Waals surface area (Å²) in [5, 5.41) is 0.539. The largest absolute Gasteiger partial charge is 0.375 e. The number of thioether (sulfide) groups is 1. The van der Waals surface area contributed by atoms with Crippen LogP contribution in [-0.2, 0) is 4.74 Å². The van der Waals surface area contributed by atoms with Gasteiger partial charge in [0.15, 0.2) is 0 Å². The maximum absolute atomic E-state index is 5.73. The zero-order valence-corrected chi connectivity index (χ0v) is 9.90. The second-order valence-corrected chi connectivity index (χ2v) is 5.33. The lowest BCUT2D eigenvalue weighted by Gasteiger charge is -2.30. The van der Waals surface area contributed by atoms with Crippen LogP contribution in [0.25, 0.3) is 0 Å². The monoisotopic (exact) mass is 223 g/mol. The summed E-state index contributed by atoms with van der Waals surface area (Å²) >= 11 is 7.63. The first kappa shape index (κ1) is 11.6. The van der Waals surface area contributed by atoms with Gasteiger partial charge in [0.05, 0.1) is 12.7 Å². The van der Waals surface area contributed by atoms with E-state index in [4.69, 9.17) is 16.3 Å². The van der Waals surface area contributed by atoms with Crippen molar-refractivity contribution in [3.63, 3.8) is 0 Å². The normalized spacial score (nSPS) is 27.5. The molecule has 1 rings (SSSR count). The highest BCUT2D eigenvalue weighted by Crippen LogP contribution is 2.16. The Balaban J connectivity index is 2.13. The van der Waals surface area contributed by atoms with Crippen molar-refractivity contribution in [3.8, 4) is 0 Å². The van der Waals surface area contributed by atoms with Crippen molar-refractivity contribution < 1.29 is 4.74 Å². The molecule has 13 heavy (non-hydrogen) atoms. The van der Waals surface area contributed by atoms with Crippen molar-refractivity contribution >= 4 is 23.4 Å². The molecule has 4 heteroatoms. The highest BCUT2D eigenvalue weighted by Gasteiger charge is 2.18. The topological polar surface area (TPSA) is 12.5 Å². The number of hydrogen-bond acceptors (Lipinski definition) is 3. The van der Waals surface area contributed by atoms with Gasteiger partial charge in [-0.2, -0.15) is 11.8 Å². The van der Waals surface area contributed by atoms with Gasteiger partial charge in [0, 0.05) is 30.0 Å². The number of ether oxygens (including phenoxy) is 1. The minimum atomic E-state index is 0.398. The molecule has 1 heterocycles. The zero-order chi connectivity index (χ0) is 9.68. The van der Waals surface area contributed by atoms with Crippen molar-refractivity contribution in [1.29, 1.82) is 0 Å². The van der Waals surface area contributed by atoms with Crippen LogP contribution >= 0.6 is 23.4 Å². The molecule has 0 spiro atoms. The maximum atomic E-state index is 5.73. The second-order valence-electron chi connectivity index (χ2n) is 3.55. The number of rotatable bonds is 4. The first-order chi connectivity index (χ1) is 6.22. The molecular formula is C9H18ClNOS. The number of alkyl halides is 1. The lowest BCUT2D eigenvalue weighted by Crippen LogP contribution is -2.41. The Labute approximate surface area is 90.0 Å². The van der Waals surface area contributed by atoms with Gasteiger partial charge < -0.3 is 9.64 Å². The molecule has 0 bridgehead atoms. The van der Waals surface area contributed by atoms with Gasteiger partial charge in [-0.1, -0.05) is 6.92 Å². The molecule has 1 aliphatic heterocycles. The Bertz CT molecular complexity index is 148. The van der Waals surface area contributed by atoms with Gasteiger partial charge in [0.25, 0.3) is 0 Å². The van der Waals surface area contributed by atoms with Crippen molar-refractivity contribution in [2.45, 2.75) is 18.3 Å². The third kappa shape index (κ3) is 4.54. The van der Waals surface area contributed by atoms with E-state index in [-0.39, 0.29) is 0 Å². The van der Waals surface area contributed by atoms with Crippen LogP contribution in [0.3, 0.4) is 0 Å². The van der Waals surface area contributed by atoms with Crippen molar-refractivity contribution in [2.75, 3.05) is 38.4 Å². The van der Waals surface area contributed by atoms with E-state index in [0.29, 0.717) is 11.4 Å². The van der Waals surface area contributed by atoms with Gasteiger partial charge in [-0.25, -0.2) is 0 Å². The van der Waals surface area contributed by atoms with E-state index in [9.17, 15) is 0 Å². The van der Waals surface area contributed by atoms with Crippen LogP contribution in [0.5, 0.6) is 0 Å². The van der Waals surface area contributed by atoms with E-state index >= 15 is 0 Å². The molecular weight excluding hydrogens is 206 g/mol. The quantitative estimate of drug-likeness (QED) is 0.673. The van der Waals surface area contributed by atoms with Crippen LogP contribution in [0.15, 0.2) is 0 Å². The average Bonchev–Trinajstić information content (AvgIpc) is 2.14. The van der Waals surface area contributed by atoms with E-state index < -0.39 is 0 Å². The standard InChI is InChI=1S/C9H18ClNOS/c1-8(5-10)13-7-9-6-11(2)3-4-12-9/h8-9H,3-7H2,1-2H3. The van der Waals surface area contributed by atoms with Gasteiger partial charge in [0.2, 0.25) is 0 Å². The van der Waals surface area contributed by atoms with Crippen LogP contribution in [0.2, 0.25) is 0 Å². The second kappa shape index (κ2) is 6.12. The number of nitrogens with zero attached hydrogens (tertiary/aromatic N) is 1. The van der Waals surface area contributed by atoms with Crippen LogP contribution in [0, 0.1) is 0 Å². The number of halogens is 1. The van der Waals surface area contributed by atoms with Crippen molar-refractivity contribution in [3.05, 3.63) is 0 Å². The van der Waals surface area contributed by atoms with Crippen molar-refractivity contribution in [1.82, 2.24) is 4.90 Å². The van der Waals surface area contributed by atoms with E-state index in [1.165, 1.54) is 0 Å². The summed E-state index contributed by atoms with van der Waals surface area (Å²) in [5.74, 6) is 1.80. The molecule has 0 aromatic rings. The predicted octanol–water partition coefficient (Wildman–Crippen LogP) is 1.68. The number of likely N-dealkylation sites (N-methyl/N-ethyl adjacent to an activating group) is 1. The van der Waals surface area contributed by atoms with Crippen LogP contribution < -0.4 is 0 Å². The Morgan fingerprint density at radius 2 is 2.46 bits per heavy atom. The van der Waals surface area contributed by atoms with Gasteiger partial charge in [-0.15, -0.1) is 11.6 Å². The van der Waals surface area contributed by atoms with Crippen LogP contribution in [0.4, 0.5) is 0 Å². The molecule has 1 saturated heterocycles. The third-order valence-electron chi connectivity index (χ3n) is 2.13. The Kier molecular flexibility index (Phi) is 5.48. The highest BCUT2D eigenvalue weighted by molar-refractivity contribution is 8.00. The first-order valence-electron chi connectivity index (χ1n) is 4.70. The summed E-state index contributed by atoms with van der Waals surface area (Å²) in [6.07, 6.45) is 0.398. The molecule has 78 valence electrons. The fraction of sp³-hybridized carbons (Fsp3) is 1.00. The zero-order valence-electron chi connectivity index (χ0n) is 8.33. The van der Waals surface area contributed by atoms with Gasteiger partial charge in [-0.05, 0) is 7.05 Å². The van der Waals surface area contributed by atoms with Gasteiger partial charge in [0.1, 0.15) is 0 Å². The minimum Gasteiger partial charge on any atom is -0.375 e. The molecule has 2 unspecified atom stereocenters. The Hall–Kier alpha value is 0.560. The summed E-state index contributed by atoms with van der Waals surface area (Å²) in [4.78, 5) is 2.32. The summed E-state index contributed by atoms with van der Waals surface area (Å²) < 4.78 is 5.64. The summed E-state index contributed by atoms with van der Waals surface area (Å²) in [7, 11) is 2.14. The van der Waals surface area contributed by atoms with E-state index in [1.807, 2.05) is 11.8 Å². The number of morpholine rings is 1. The third-order valence-corrected chi connectivity index (χ3v) is 4.07. The van der Waals surface area contributed by atoms with Crippen LogP contribution in [-0.4, -0.2) is 54.6 Å². The summed E-state index contributed by atoms with van der Waals surface area (Å²) in [6, 6.07) is 0. The summed E-state index contributed by atoms with van der Waals surface area (Å²) in [5.41, 5.74) is 0.